The highest BCUT2D eigenvalue weighted by Crippen LogP contribution is 2.25. The number of tetrazole rings is 1. The summed E-state index contributed by atoms with van der Waals surface area (Å²) in [6.07, 6.45) is 0. The summed E-state index contributed by atoms with van der Waals surface area (Å²) in [7, 11) is 4.72. The van der Waals surface area contributed by atoms with Crippen molar-refractivity contribution in [2.75, 3.05) is 20.8 Å². The van der Waals surface area contributed by atoms with Crippen LogP contribution in [0.5, 0.6) is 5.75 Å². The second-order valence-corrected chi connectivity index (χ2v) is 6.18. The van der Waals surface area contributed by atoms with Crippen molar-refractivity contribution in [2.24, 2.45) is 17.4 Å². The third-order valence-electron chi connectivity index (χ3n) is 3.92. The Kier molecular flexibility index (Phi) is 6.75. The van der Waals surface area contributed by atoms with E-state index >= 15 is 0 Å². The molecule has 3 aromatic rings. The van der Waals surface area contributed by atoms with Gasteiger partial charge in [0, 0.05) is 18.2 Å². The van der Waals surface area contributed by atoms with Crippen LogP contribution in [-0.2, 0) is 16.7 Å². The van der Waals surface area contributed by atoms with Gasteiger partial charge in [0.25, 0.3) is 0 Å². The van der Waals surface area contributed by atoms with Crippen molar-refractivity contribution in [3.63, 3.8) is 0 Å². The molecule has 0 aliphatic carbocycles. The lowest BCUT2D eigenvalue weighted by Gasteiger charge is -2.09. The molecule has 0 fully saturated rings. The van der Waals surface area contributed by atoms with Crippen LogP contribution >= 0.6 is 11.6 Å². The van der Waals surface area contributed by atoms with E-state index in [1.54, 1.807) is 32.4 Å². The number of benzene rings is 2. The third-order valence-corrected chi connectivity index (χ3v) is 4.23. The van der Waals surface area contributed by atoms with E-state index in [0.29, 0.717) is 28.0 Å². The number of nitrogens with zero attached hydrogens (tertiary/aromatic N) is 6. The van der Waals surface area contributed by atoms with Crippen LogP contribution < -0.4 is 4.74 Å². The summed E-state index contributed by atoms with van der Waals surface area (Å²) in [4.78, 5) is 10.5. The topological polar surface area (TPSA) is 96.0 Å². The molecule has 0 spiro atoms. The molecule has 0 unspecified atom stereocenters. The van der Waals surface area contributed by atoms with Gasteiger partial charge in [0.05, 0.1) is 12.1 Å². The maximum atomic E-state index is 6.09. The van der Waals surface area contributed by atoms with Crippen LogP contribution in [0, 0.1) is 0 Å². The van der Waals surface area contributed by atoms with Crippen molar-refractivity contribution < 1.29 is 14.4 Å². The van der Waals surface area contributed by atoms with Crippen LogP contribution in [-0.4, -0.2) is 52.5 Å². The van der Waals surface area contributed by atoms with Gasteiger partial charge in [-0.15, -0.1) is 5.10 Å². The Morgan fingerprint density at radius 1 is 1.07 bits per heavy atom. The molecule has 0 amide bonds. The molecule has 29 heavy (non-hydrogen) atoms. The van der Waals surface area contributed by atoms with Gasteiger partial charge in [-0.05, 0) is 22.6 Å². The molecule has 1 heterocycles. The number of aryl methyl sites for hydroxylation is 1. The van der Waals surface area contributed by atoms with Gasteiger partial charge in [0.2, 0.25) is 5.82 Å². The van der Waals surface area contributed by atoms with Crippen molar-refractivity contribution in [1.82, 2.24) is 20.2 Å². The average molecular weight is 415 g/mol. The standard InChI is InChI=1S/C19H19ClN6O3/c1-26-19(21-24-25-26)18(13-7-5-4-6-8-13)23-29-12-16(22-28-3)14-9-10-15(20)17(11-14)27-2/h4-11H,12H2,1-3H3/b22-16-,23-18-. The van der Waals surface area contributed by atoms with E-state index in [1.807, 2.05) is 30.3 Å². The minimum Gasteiger partial charge on any atom is -0.495 e. The lowest BCUT2D eigenvalue weighted by Crippen LogP contribution is -2.14. The zero-order chi connectivity index (χ0) is 20.6. The zero-order valence-corrected chi connectivity index (χ0v) is 16.9. The van der Waals surface area contributed by atoms with Crippen LogP contribution in [0.3, 0.4) is 0 Å². The second-order valence-electron chi connectivity index (χ2n) is 5.78. The molecule has 0 aliphatic rings. The number of hydrogen-bond acceptors (Lipinski definition) is 8. The Bertz CT molecular complexity index is 1020. The first-order valence-corrected chi connectivity index (χ1v) is 8.94. The molecular formula is C19H19ClN6O3. The number of rotatable bonds is 8. The molecule has 3 rings (SSSR count). The van der Waals surface area contributed by atoms with Gasteiger partial charge >= 0.3 is 0 Å². The minimum atomic E-state index is 0.0419. The van der Waals surface area contributed by atoms with Gasteiger partial charge in [-0.25, -0.2) is 4.68 Å². The molecular weight excluding hydrogens is 396 g/mol. The summed E-state index contributed by atoms with van der Waals surface area (Å²) in [6.45, 7) is 0.0419. The predicted octanol–water partition coefficient (Wildman–Crippen LogP) is 2.69. The predicted molar refractivity (Wildman–Crippen MR) is 108 cm³/mol. The fourth-order valence-electron chi connectivity index (χ4n) is 2.52. The Morgan fingerprint density at radius 3 is 2.52 bits per heavy atom. The molecule has 150 valence electrons. The zero-order valence-electron chi connectivity index (χ0n) is 16.1. The number of ether oxygens (including phenoxy) is 1. The van der Waals surface area contributed by atoms with Gasteiger partial charge in [0.1, 0.15) is 18.6 Å². The summed E-state index contributed by atoms with van der Waals surface area (Å²) in [5.74, 6) is 0.987. The molecule has 0 atom stereocenters. The summed E-state index contributed by atoms with van der Waals surface area (Å²) < 4.78 is 6.77. The van der Waals surface area contributed by atoms with Gasteiger partial charge in [-0.3, -0.25) is 0 Å². The maximum Gasteiger partial charge on any atom is 0.204 e. The fraction of sp³-hybridized carbons (Fsp3) is 0.211. The van der Waals surface area contributed by atoms with E-state index < -0.39 is 0 Å². The van der Waals surface area contributed by atoms with Crippen molar-refractivity contribution in [3.8, 4) is 5.75 Å². The molecule has 2 aromatic carbocycles. The highest BCUT2D eigenvalue weighted by atomic mass is 35.5. The monoisotopic (exact) mass is 414 g/mol. The highest BCUT2D eigenvalue weighted by Gasteiger charge is 2.15. The quantitative estimate of drug-likeness (QED) is 0.415. The summed E-state index contributed by atoms with van der Waals surface area (Å²) in [5, 5.41) is 20.3. The summed E-state index contributed by atoms with van der Waals surface area (Å²) in [6, 6.07) is 14.7. The minimum absolute atomic E-state index is 0.0419. The molecule has 0 aliphatic heterocycles. The smallest absolute Gasteiger partial charge is 0.204 e. The number of aromatic nitrogens is 4. The Morgan fingerprint density at radius 2 is 1.86 bits per heavy atom. The van der Waals surface area contributed by atoms with Gasteiger partial charge in [0.15, 0.2) is 12.3 Å². The average Bonchev–Trinajstić information content (AvgIpc) is 3.17. The Hall–Kier alpha value is -3.46. The lowest BCUT2D eigenvalue weighted by molar-refractivity contribution is 0.173. The van der Waals surface area contributed by atoms with E-state index in [4.69, 9.17) is 26.0 Å². The SMILES string of the molecule is CO/N=C(/CO/N=C(/c1ccccc1)c1nnnn1C)c1ccc(Cl)c(OC)c1. The molecule has 0 N–H and O–H groups in total. The molecule has 1 aromatic heterocycles. The van der Waals surface area contributed by atoms with E-state index in [2.05, 4.69) is 25.8 Å². The van der Waals surface area contributed by atoms with Crippen molar-refractivity contribution in [2.45, 2.75) is 0 Å². The van der Waals surface area contributed by atoms with E-state index in [0.717, 1.165) is 11.1 Å². The van der Waals surface area contributed by atoms with E-state index in [-0.39, 0.29) is 6.61 Å². The third kappa shape index (κ3) is 4.88. The summed E-state index contributed by atoms with van der Waals surface area (Å²) >= 11 is 6.09. The van der Waals surface area contributed by atoms with Crippen molar-refractivity contribution in [1.29, 1.82) is 0 Å². The molecule has 0 bridgehead atoms. The molecule has 0 saturated heterocycles. The van der Waals surface area contributed by atoms with E-state index in [1.165, 1.54) is 11.8 Å². The largest absolute Gasteiger partial charge is 0.495 e. The Balaban J connectivity index is 1.87. The molecule has 10 heteroatoms. The van der Waals surface area contributed by atoms with Gasteiger partial charge < -0.3 is 14.4 Å². The van der Waals surface area contributed by atoms with Crippen LogP contribution in [0.4, 0.5) is 0 Å². The lowest BCUT2D eigenvalue weighted by atomic mass is 10.1. The van der Waals surface area contributed by atoms with Gasteiger partial charge in [-0.1, -0.05) is 58.3 Å². The van der Waals surface area contributed by atoms with E-state index in [9.17, 15) is 0 Å². The first-order chi connectivity index (χ1) is 14.1. The maximum absolute atomic E-state index is 6.09. The normalized spacial score (nSPS) is 12.0. The van der Waals surface area contributed by atoms with Crippen LogP contribution in [0.15, 0.2) is 58.8 Å². The fourth-order valence-corrected chi connectivity index (χ4v) is 2.71. The van der Waals surface area contributed by atoms with Crippen molar-refractivity contribution >= 4 is 23.0 Å². The number of methoxy groups -OCH3 is 1. The highest BCUT2D eigenvalue weighted by molar-refractivity contribution is 6.32. The first kappa shape index (κ1) is 20.3. The summed E-state index contributed by atoms with van der Waals surface area (Å²) in [5.41, 5.74) is 2.53. The molecule has 0 radical (unpaired) electrons. The van der Waals surface area contributed by atoms with Crippen LogP contribution in [0.25, 0.3) is 0 Å². The van der Waals surface area contributed by atoms with Gasteiger partial charge in [-0.2, -0.15) is 0 Å². The van der Waals surface area contributed by atoms with Crippen LogP contribution in [0.2, 0.25) is 5.02 Å². The second kappa shape index (κ2) is 9.65. The molecule has 9 nitrogen and oxygen atoms in total. The number of hydrogen-bond donors (Lipinski definition) is 0. The number of halogens is 1. The molecule has 0 saturated carbocycles. The number of oxime groups is 2. The Labute approximate surface area is 172 Å². The first-order valence-electron chi connectivity index (χ1n) is 8.56. The van der Waals surface area contributed by atoms with Crippen LogP contribution in [0.1, 0.15) is 17.0 Å². The van der Waals surface area contributed by atoms with Crippen molar-refractivity contribution in [3.05, 3.63) is 70.5 Å².